The number of carbonyl (C=O) groups is 2. The number of sulfonamides is 1. The molecule has 0 spiro atoms. The number of nitrogens with one attached hydrogen (secondary N) is 2. The van der Waals surface area contributed by atoms with Crippen LogP contribution in [0, 0.1) is 0 Å². The summed E-state index contributed by atoms with van der Waals surface area (Å²) >= 11 is 5.77. The third kappa shape index (κ3) is 6.80. The van der Waals surface area contributed by atoms with Crippen molar-refractivity contribution in [3.05, 3.63) is 59.1 Å². The Balaban J connectivity index is 1.59. The van der Waals surface area contributed by atoms with Gasteiger partial charge in [-0.05, 0) is 55.3 Å². The highest BCUT2D eigenvalue weighted by molar-refractivity contribution is 7.90. The van der Waals surface area contributed by atoms with Crippen molar-refractivity contribution in [1.82, 2.24) is 4.72 Å². The van der Waals surface area contributed by atoms with Gasteiger partial charge < -0.3 is 10.1 Å². The summed E-state index contributed by atoms with van der Waals surface area (Å²) in [7, 11) is -3.83. The van der Waals surface area contributed by atoms with Gasteiger partial charge in [-0.25, -0.2) is 13.2 Å². The van der Waals surface area contributed by atoms with E-state index in [9.17, 15) is 18.0 Å². The maximum atomic E-state index is 12.7. The lowest BCUT2D eigenvalue weighted by Gasteiger charge is -2.11. The Labute approximate surface area is 185 Å². The molecule has 0 saturated carbocycles. The molecule has 1 heterocycles. The zero-order valence-corrected chi connectivity index (χ0v) is 18.2. The van der Waals surface area contributed by atoms with Gasteiger partial charge in [0.1, 0.15) is 5.84 Å². The van der Waals surface area contributed by atoms with E-state index in [0.717, 1.165) is 19.3 Å². The van der Waals surface area contributed by atoms with Crippen molar-refractivity contribution in [2.45, 2.75) is 30.6 Å². The number of amides is 1. The molecule has 2 N–H and O–H groups in total. The lowest BCUT2D eigenvalue weighted by molar-refractivity contribution is -0.119. The van der Waals surface area contributed by atoms with Crippen molar-refractivity contribution in [2.24, 2.45) is 4.99 Å². The molecule has 0 aromatic heterocycles. The first kappa shape index (κ1) is 22.8. The Morgan fingerprint density at radius 3 is 2.61 bits per heavy atom. The Kier molecular flexibility index (Phi) is 7.64. The largest absolute Gasteiger partial charge is 0.452 e. The molecular formula is C21H22ClN3O5S. The summed E-state index contributed by atoms with van der Waals surface area (Å²) in [4.78, 5) is 28.4. The van der Waals surface area contributed by atoms with Crippen LogP contribution in [0.4, 0.5) is 5.69 Å². The normalized spacial score (nSPS) is 14.2. The molecule has 10 heteroatoms. The fraction of sp³-hybridized carbons (Fsp3) is 0.286. The molecule has 0 aliphatic carbocycles. The molecule has 1 aliphatic rings. The number of anilines is 1. The van der Waals surface area contributed by atoms with Gasteiger partial charge in [0, 0.05) is 23.7 Å². The molecule has 1 amide bonds. The summed E-state index contributed by atoms with van der Waals surface area (Å²) in [5, 5.41) is 3.00. The van der Waals surface area contributed by atoms with E-state index in [1.807, 2.05) is 0 Å². The van der Waals surface area contributed by atoms with Crippen molar-refractivity contribution < 1.29 is 22.7 Å². The monoisotopic (exact) mass is 463 g/mol. The third-order valence-electron chi connectivity index (χ3n) is 4.47. The molecule has 0 unspecified atom stereocenters. The Morgan fingerprint density at radius 2 is 1.84 bits per heavy atom. The average Bonchev–Trinajstić information content (AvgIpc) is 3.01. The minimum Gasteiger partial charge on any atom is -0.452 e. The summed E-state index contributed by atoms with van der Waals surface area (Å²) in [5.74, 6) is -0.824. The number of benzene rings is 2. The molecule has 0 atom stereocenters. The molecular weight excluding hydrogens is 442 g/mol. The van der Waals surface area contributed by atoms with Crippen LogP contribution < -0.4 is 10.0 Å². The quantitative estimate of drug-likeness (QED) is 0.637. The molecule has 1 aliphatic heterocycles. The van der Waals surface area contributed by atoms with Gasteiger partial charge >= 0.3 is 5.97 Å². The standard InChI is InChI=1S/C21H22ClN3O5S/c22-16-10-8-15(9-11-16)21(27)30-14-20(26)24-17-5-4-6-18(13-17)31(28,29)25-19-7-2-1-3-12-23-19/h4-6,8-11,13H,1-3,7,12,14H2,(H,23,25)(H,24,26). The molecule has 0 bridgehead atoms. The zero-order valence-electron chi connectivity index (χ0n) is 16.6. The molecule has 3 rings (SSSR count). The summed E-state index contributed by atoms with van der Waals surface area (Å²) in [6, 6.07) is 11.9. The number of hydrogen-bond acceptors (Lipinski definition) is 6. The minimum atomic E-state index is -3.83. The number of amidine groups is 1. The van der Waals surface area contributed by atoms with Crippen molar-refractivity contribution in [1.29, 1.82) is 0 Å². The second kappa shape index (κ2) is 10.4. The maximum Gasteiger partial charge on any atom is 0.338 e. The van der Waals surface area contributed by atoms with E-state index in [1.54, 1.807) is 18.2 Å². The topological polar surface area (TPSA) is 114 Å². The summed E-state index contributed by atoms with van der Waals surface area (Å²) in [5.41, 5.74) is 0.524. The predicted molar refractivity (Wildman–Crippen MR) is 118 cm³/mol. The number of ether oxygens (including phenoxy) is 1. The zero-order chi connectivity index (χ0) is 22.3. The van der Waals surface area contributed by atoms with Crippen LogP contribution in [-0.2, 0) is 19.6 Å². The van der Waals surface area contributed by atoms with Gasteiger partial charge in [-0.2, -0.15) is 0 Å². The molecule has 2 aromatic rings. The Hall–Kier alpha value is -2.91. The van der Waals surface area contributed by atoms with Gasteiger partial charge in [-0.3, -0.25) is 14.5 Å². The number of aliphatic imine (C=N–C) groups is 1. The van der Waals surface area contributed by atoms with Crippen LogP contribution in [0.25, 0.3) is 0 Å². The van der Waals surface area contributed by atoms with Gasteiger partial charge in [0.15, 0.2) is 6.61 Å². The fourth-order valence-corrected chi connectivity index (χ4v) is 4.17. The number of rotatable bonds is 6. The van der Waals surface area contributed by atoms with E-state index in [0.29, 0.717) is 23.8 Å². The number of halogens is 1. The molecule has 0 radical (unpaired) electrons. The lowest BCUT2D eigenvalue weighted by Crippen LogP contribution is -2.30. The van der Waals surface area contributed by atoms with Crippen LogP contribution in [0.5, 0.6) is 0 Å². The highest BCUT2D eigenvalue weighted by Gasteiger charge is 2.18. The van der Waals surface area contributed by atoms with Gasteiger partial charge in [-0.1, -0.05) is 24.1 Å². The van der Waals surface area contributed by atoms with Crippen LogP contribution in [-0.4, -0.2) is 39.3 Å². The van der Waals surface area contributed by atoms with Gasteiger partial charge in [0.25, 0.3) is 15.9 Å². The van der Waals surface area contributed by atoms with Gasteiger partial charge in [0.05, 0.1) is 10.5 Å². The number of carbonyl (C=O) groups excluding carboxylic acids is 2. The van der Waals surface area contributed by atoms with Crippen LogP contribution in [0.15, 0.2) is 58.4 Å². The van der Waals surface area contributed by atoms with Gasteiger partial charge in [0.2, 0.25) is 0 Å². The lowest BCUT2D eigenvalue weighted by atomic mass is 10.2. The van der Waals surface area contributed by atoms with E-state index >= 15 is 0 Å². The molecule has 0 saturated heterocycles. The van der Waals surface area contributed by atoms with Crippen LogP contribution in [0.2, 0.25) is 5.02 Å². The first-order chi connectivity index (χ1) is 14.8. The summed E-state index contributed by atoms with van der Waals surface area (Å²) in [6.45, 7) is 0.0795. The van der Waals surface area contributed by atoms with Crippen molar-refractivity contribution in [3.8, 4) is 0 Å². The Morgan fingerprint density at radius 1 is 1.06 bits per heavy atom. The fourth-order valence-electron chi connectivity index (χ4n) is 2.91. The third-order valence-corrected chi connectivity index (χ3v) is 6.10. The number of nitrogens with zero attached hydrogens (tertiary/aromatic N) is 1. The maximum absolute atomic E-state index is 12.7. The molecule has 31 heavy (non-hydrogen) atoms. The van der Waals surface area contributed by atoms with Crippen LogP contribution in [0.3, 0.4) is 0 Å². The van der Waals surface area contributed by atoms with Crippen LogP contribution in [0.1, 0.15) is 36.0 Å². The number of esters is 1. The number of hydrogen-bond donors (Lipinski definition) is 2. The molecule has 8 nitrogen and oxygen atoms in total. The SMILES string of the molecule is O=C(COC(=O)c1ccc(Cl)cc1)Nc1cccc(S(=O)(=O)NC2=NCCCCC2)c1. The van der Waals surface area contributed by atoms with E-state index in [2.05, 4.69) is 15.0 Å². The smallest absolute Gasteiger partial charge is 0.338 e. The second-order valence-electron chi connectivity index (χ2n) is 6.90. The van der Waals surface area contributed by atoms with E-state index in [-0.39, 0.29) is 16.1 Å². The van der Waals surface area contributed by atoms with Crippen molar-refractivity contribution in [3.63, 3.8) is 0 Å². The first-order valence-electron chi connectivity index (χ1n) is 9.72. The second-order valence-corrected chi connectivity index (χ2v) is 9.02. The van der Waals surface area contributed by atoms with Crippen molar-refractivity contribution in [2.75, 3.05) is 18.5 Å². The first-order valence-corrected chi connectivity index (χ1v) is 11.6. The highest BCUT2D eigenvalue weighted by Crippen LogP contribution is 2.17. The Bertz CT molecular complexity index is 1080. The van der Waals surface area contributed by atoms with Crippen molar-refractivity contribution >= 4 is 45.0 Å². The molecule has 164 valence electrons. The van der Waals surface area contributed by atoms with Gasteiger partial charge in [-0.15, -0.1) is 0 Å². The van der Waals surface area contributed by atoms with Crippen LogP contribution >= 0.6 is 11.6 Å². The van der Waals surface area contributed by atoms with E-state index in [4.69, 9.17) is 16.3 Å². The molecule has 2 aromatic carbocycles. The van der Waals surface area contributed by atoms with E-state index in [1.165, 1.54) is 30.3 Å². The van der Waals surface area contributed by atoms with E-state index < -0.39 is 28.5 Å². The highest BCUT2D eigenvalue weighted by atomic mass is 35.5. The predicted octanol–water partition coefficient (Wildman–Crippen LogP) is 3.39. The minimum absolute atomic E-state index is 0.00425. The average molecular weight is 464 g/mol. The molecule has 0 fully saturated rings. The summed E-state index contributed by atoms with van der Waals surface area (Å²) < 4.78 is 32.8. The summed E-state index contributed by atoms with van der Waals surface area (Å²) in [6.07, 6.45) is 3.41.